The monoisotopic (exact) mass is 284 g/mol. The van der Waals surface area contributed by atoms with Crippen LogP contribution in [0.5, 0.6) is 0 Å². The first-order valence-electron chi connectivity index (χ1n) is 7.16. The SMILES string of the molecule is NC(CCN(CCO)C1CCC1)c1cc(F)cc(F)c1. The van der Waals surface area contributed by atoms with Gasteiger partial charge in [-0.1, -0.05) is 6.42 Å². The molecule has 112 valence electrons. The fourth-order valence-corrected chi connectivity index (χ4v) is 2.62. The van der Waals surface area contributed by atoms with Crippen LogP contribution in [0.2, 0.25) is 0 Å². The van der Waals surface area contributed by atoms with Crippen LogP contribution >= 0.6 is 0 Å². The second-order valence-corrected chi connectivity index (χ2v) is 5.44. The maximum atomic E-state index is 13.2. The minimum Gasteiger partial charge on any atom is -0.395 e. The topological polar surface area (TPSA) is 49.5 Å². The van der Waals surface area contributed by atoms with E-state index in [2.05, 4.69) is 4.90 Å². The molecule has 1 aliphatic rings. The molecule has 0 amide bonds. The number of hydrogen-bond donors (Lipinski definition) is 2. The molecule has 2 rings (SSSR count). The quantitative estimate of drug-likeness (QED) is 0.807. The van der Waals surface area contributed by atoms with Gasteiger partial charge in [-0.05, 0) is 37.0 Å². The van der Waals surface area contributed by atoms with Crippen LogP contribution in [0.15, 0.2) is 18.2 Å². The summed E-state index contributed by atoms with van der Waals surface area (Å²) in [7, 11) is 0. The van der Waals surface area contributed by atoms with Crippen molar-refractivity contribution >= 4 is 0 Å². The van der Waals surface area contributed by atoms with Crippen molar-refractivity contribution in [3.05, 3.63) is 35.4 Å². The largest absolute Gasteiger partial charge is 0.395 e. The Morgan fingerprint density at radius 1 is 1.20 bits per heavy atom. The fourth-order valence-electron chi connectivity index (χ4n) is 2.62. The predicted molar refractivity (Wildman–Crippen MR) is 74.2 cm³/mol. The van der Waals surface area contributed by atoms with Crippen molar-refractivity contribution in [2.45, 2.75) is 37.8 Å². The average Bonchev–Trinajstić information content (AvgIpc) is 2.32. The molecular weight excluding hydrogens is 262 g/mol. The number of aliphatic hydroxyl groups excluding tert-OH is 1. The van der Waals surface area contributed by atoms with E-state index in [1.807, 2.05) is 0 Å². The molecule has 1 unspecified atom stereocenters. The third-order valence-corrected chi connectivity index (χ3v) is 4.02. The zero-order valence-corrected chi connectivity index (χ0v) is 11.6. The second kappa shape index (κ2) is 7.11. The highest BCUT2D eigenvalue weighted by Gasteiger charge is 2.24. The predicted octanol–water partition coefficient (Wildman–Crippen LogP) is 2.20. The lowest BCUT2D eigenvalue weighted by Gasteiger charge is -2.37. The van der Waals surface area contributed by atoms with Crippen molar-refractivity contribution in [3.8, 4) is 0 Å². The molecule has 5 heteroatoms. The highest BCUT2D eigenvalue weighted by molar-refractivity contribution is 5.21. The standard InChI is InChI=1S/C15H22F2N2O/c16-12-8-11(9-13(17)10-12)15(18)4-5-19(6-7-20)14-2-1-3-14/h8-10,14-15,20H,1-7,18H2. The Hall–Kier alpha value is -1.04. The molecule has 1 aromatic rings. The van der Waals surface area contributed by atoms with Crippen molar-refractivity contribution in [1.29, 1.82) is 0 Å². The second-order valence-electron chi connectivity index (χ2n) is 5.44. The maximum absolute atomic E-state index is 13.2. The number of benzene rings is 1. The van der Waals surface area contributed by atoms with Gasteiger partial charge >= 0.3 is 0 Å². The van der Waals surface area contributed by atoms with Crippen LogP contribution in [0, 0.1) is 11.6 Å². The minimum atomic E-state index is -0.596. The lowest BCUT2D eigenvalue weighted by Crippen LogP contribution is -2.43. The molecule has 3 nitrogen and oxygen atoms in total. The zero-order chi connectivity index (χ0) is 14.5. The molecule has 1 saturated carbocycles. The summed E-state index contributed by atoms with van der Waals surface area (Å²) in [5.41, 5.74) is 6.50. The normalized spacial score (nSPS) is 17.2. The molecule has 0 bridgehead atoms. The summed E-state index contributed by atoms with van der Waals surface area (Å²) < 4.78 is 26.3. The number of hydrogen-bond acceptors (Lipinski definition) is 3. The molecule has 0 aromatic heterocycles. The van der Waals surface area contributed by atoms with Crippen LogP contribution in [0.25, 0.3) is 0 Å². The molecule has 1 aliphatic carbocycles. The number of aliphatic hydroxyl groups is 1. The van der Waals surface area contributed by atoms with E-state index < -0.39 is 11.6 Å². The van der Waals surface area contributed by atoms with Crippen molar-refractivity contribution in [2.75, 3.05) is 19.7 Å². The summed E-state index contributed by atoms with van der Waals surface area (Å²) >= 11 is 0. The van der Waals surface area contributed by atoms with E-state index in [9.17, 15) is 8.78 Å². The summed E-state index contributed by atoms with van der Waals surface area (Å²) in [6.45, 7) is 1.50. The first-order chi connectivity index (χ1) is 9.60. The fraction of sp³-hybridized carbons (Fsp3) is 0.600. The highest BCUT2D eigenvalue weighted by atomic mass is 19.1. The molecule has 3 N–H and O–H groups in total. The molecule has 1 aromatic carbocycles. The lowest BCUT2D eigenvalue weighted by molar-refractivity contribution is 0.0982. The van der Waals surface area contributed by atoms with Gasteiger partial charge in [0.25, 0.3) is 0 Å². The van der Waals surface area contributed by atoms with E-state index >= 15 is 0 Å². The Labute approximate surface area is 118 Å². The van der Waals surface area contributed by atoms with Gasteiger partial charge in [0.1, 0.15) is 11.6 Å². The lowest BCUT2D eigenvalue weighted by atomic mass is 9.91. The van der Waals surface area contributed by atoms with Gasteiger partial charge < -0.3 is 10.8 Å². The van der Waals surface area contributed by atoms with Gasteiger partial charge in [0.15, 0.2) is 0 Å². The van der Waals surface area contributed by atoms with E-state index in [-0.39, 0.29) is 12.6 Å². The smallest absolute Gasteiger partial charge is 0.126 e. The summed E-state index contributed by atoms with van der Waals surface area (Å²) in [4.78, 5) is 2.22. The van der Waals surface area contributed by atoms with Gasteiger partial charge in [0, 0.05) is 31.2 Å². The first kappa shape index (κ1) is 15.4. The molecule has 0 heterocycles. The van der Waals surface area contributed by atoms with Crippen molar-refractivity contribution in [2.24, 2.45) is 5.73 Å². The molecule has 0 aliphatic heterocycles. The summed E-state index contributed by atoms with van der Waals surface area (Å²) in [6.07, 6.45) is 4.17. The van der Waals surface area contributed by atoms with Gasteiger partial charge in [-0.2, -0.15) is 0 Å². The van der Waals surface area contributed by atoms with Crippen LogP contribution < -0.4 is 5.73 Å². The minimum absolute atomic E-state index is 0.125. The Bertz CT molecular complexity index is 418. The third kappa shape index (κ3) is 3.98. The van der Waals surface area contributed by atoms with Gasteiger partial charge in [-0.25, -0.2) is 8.78 Å². The van der Waals surface area contributed by atoms with Gasteiger partial charge in [-0.15, -0.1) is 0 Å². The average molecular weight is 284 g/mol. The van der Waals surface area contributed by atoms with Crippen LogP contribution in [0.1, 0.15) is 37.3 Å². The van der Waals surface area contributed by atoms with E-state index in [1.54, 1.807) is 0 Å². The van der Waals surface area contributed by atoms with Crippen LogP contribution in [0.3, 0.4) is 0 Å². The number of nitrogens with two attached hydrogens (primary N) is 1. The van der Waals surface area contributed by atoms with Gasteiger partial charge in [-0.3, -0.25) is 4.90 Å². The zero-order valence-electron chi connectivity index (χ0n) is 11.6. The molecule has 20 heavy (non-hydrogen) atoms. The first-order valence-corrected chi connectivity index (χ1v) is 7.16. The number of nitrogens with zero attached hydrogens (tertiary/aromatic N) is 1. The van der Waals surface area contributed by atoms with E-state index in [0.29, 0.717) is 24.6 Å². The number of rotatable bonds is 7. The molecular formula is C15H22F2N2O. The summed E-state index contributed by atoms with van der Waals surface area (Å²) in [5, 5.41) is 9.09. The van der Waals surface area contributed by atoms with Crippen molar-refractivity contribution < 1.29 is 13.9 Å². The Morgan fingerprint density at radius 3 is 2.35 bits per heavy atom. The van der Waals surface area contributed by atoms with Crippen LogP contribution in [0.4, 0.5) is 8.78 Å². The third-order valence-electron chi connectivity index (χ3n) is 4.02. The number of halogens is 2. The summed E-state index contributed by atoms with van der Waals surface area (Å²) in [6, 6.07) is 3.56. The van der Waals surface area contributed by atoms with E-state index in [0.717, 1.165) is 25.5 Å². The van der Waals surface area contributed by atoms with E-state index in [4.69, 9.17) is 10.8 Å². The van der Waals surface area contributed by atoms with Crippen molar-refractivity contribution in [3.63, 3.8) is 0 Å². The molecule has 0 saturated heterocycles. The highest BCUT2D eigenvalue weighted by Crippen LogP contribution is 2.26. The molecule has 0 radical (unpaired) electrons. The summed E-state index contributed by atoms with van der Waals surface area (Å²) in [5.74, 6) is -1.19. The van der Waals surface area contributed by atoms with Gasteiger partial charge in [0.05, 0.1) is 6.61 Å². The Morgan fingerprint density at radius 2 is 1.85 bits per heavy atom. The van der Waals surface area contributed by atoms with Crippen LogP contribution in [-0.4, -0.2) is 35.7 Å². The molecule has 1 fully saturated rings. The molecule has 0 spiro atoms. The Kier molecular flexibility index (Phi) is 5.46. The van der Waals surface area contributed by atoms with Gasteiger partial charge in [0.2, 0.25) is 0 Å². The molecule has 1 atom stereocenters. The van der Waals surface area contributed by atoms with Crippen molar-refractivity contribution in [1.82, 2.24) is 4.90 Å². The van der Waals surface area contributed by atoms with Crippen LogP contribution in [-0.2, 0) is 0 Å². The maximum Gasteiger partial charge on any atom is 0.126 e. The Balaban J connectivity index is 1.90. The van der Waals surface area contributed by atoms with E-state index in [1.165, 1.54) is 18.6 Å².